The van der Waals surface area contributed by atoms with E-state index in [1.165, 1.54) is 30.1 Å². The van der Waals surface area contributed by atoms with E-state index in [0.717, 1.165) is 19.1 Å². The van der Waals surface area contributed by atoms with Crippen LogP contribution in [0.5, 0.6) is 0 Å². The fourth-order valence-corrected chi connectivity index (χ4v) is 10.3. The second kappa shape index (κ2) is 22.2. The molecule has 0 aromatic carbocycles. The van der Waals surface area contributed by atoms with Crippen molar-refractivity contribution in [2.24, 2.45) is 28.5 Å². The van der Waals surface area contributed by atoms with Gasteiger partial charge in [-0.2, -0.15) is 0 Å². The largest absolute Gasteiger partial charge is 0.478 e. The van der Waals surface area contributed by atoms with Crippen LogP contribution in [0.2, 0.25) is 0 Å². The number of rotatable bonds is 14. The highest BCUT2D eigenvalue weighted by Gasteiger charge is 2.58. The van der Waals surface area contributed by atoms with E-state index in [1.807, 2.05) is 0 Å². The Hall–Kier alpha value is -3.23. The van der Waals surface area contributed by atoms with Crippen LogP contribution in [-0.4, -0.2) is 177 Å². The minimum atomic E-state index is -3.08. The van der Waals surface area contributed by atoms with Gasteiger partial charge in [-0.15, -0.1) is 6.58 Å². The van der Waals surface area contributed by atoms with Gasteiger partial charge in [0.1, 0.15) is 24.5 Å². The molecule has 1 saturated heterocycles. The number of aliphatic imine (C=N–C) groups is 1. The van der Waals surface area contributed by atoms with Gasteiger partial charge in [-0.25, -0.2) is 9.59 Å². The normalized spacial score (nSPS) is 33.1. The van der Waals surface area contributed by atoms with E-state index >= 15 is 0 Å². The molecule has 11 atom stereocenters. The third-order valence-corrected chi connectivity index (χ3v) is 13.5. The number of carboxylic acid groups (broad SMARTS) is 1. The zero-order valence-electron chi connectivity index (χ0n) is 33.2. The molecule has 2 fully saturated rings. The SMILES string of the molecule is C=CC1C(OC2OC(CO)C(O)C(O)(O)C2OC(CO)NC)OC=C2C(=O)OC3CCCC3CSSCC(CO)N3C=C(C(=O)O)C(NC(N)=NCCCO)=C(C=CC21)C3. The Morgan fingerprint density at radius 1 is 1.18 bits per heavy atom. The van der Waals surface area contributed by atoms with Crippen molar-refractivity contribution in [3.8, 4) is 0 Å². The number of nitrogens with two attached hydrogens (primary N) is 1. The number of nitrogens with zero attached hydrogens (tertiary/aromatic N) is 2. The second-order valence-corrected chi connectivity index (χ2v) is 17.4. The molecule has 5 aliphatic rings. The van der Waals surface area contributed by atoms with Gasteiger partial charge < -0.3 is 80.5 Å². The number of aliphatic hydroxyl groups is 7. The summed E-state index contributed by atoms with van der Waals surface area (Å²) in [7, 11) is 4.54. The lowest BCUT2D eigenvalue weighted by atomic mass is 9.83. The van der Waals surface area contributed by atoms with Gasteiger partial charge in [0, 0.05) is 49.2 Å². The lowest BCUT2D eigenvalue weighted by Crippen LogP contribution is -2.69. The first-order chi connectivity index (χ1) is 28.8. The number of carbonyl (C=O) groups excluding carboxylic acids is 1. The van der Waals surface area contributed by atoms with E-state index in [2.05, 4.69) is 22.2 Å². The summed E-state index contributed by atoms with van der Waals surface area (Å²) >= 11 is 0. The third kappa shape index (κ3) is 11.2. The van der Waals surface area contributed by atoms with Gasteiger partial charge in [0.15, 0.2) is 18.4 Å². The molecule has 0 aromatic rings. The van der Waals surface area contributed by atoms with E-state index in [4.69, 9.17) is 29.4 Å². The molecule has 2 bridgehead atoms. The van der Waals surface area contributed by atoms with Crippen molar-refractivity contribution < 1.29 is 74.1 Å². The van der Waals surface area contributed by atoms with Crippen LogP contribution in [0.1, 0.15) is 25.7 Å². The molecule has 0 spiro atoms. The summed E-state index contributed by atoms with van der Waals surface area (Å²) in [5.41, 5.74) is 6.53. The predicted octanol–water partition coefficient (Wildman–Crippen LogP) is -1.81. The fraction of sp³-hybridized carbons (Fsp3) is 0.658. The van der Waals surface area contributed by atoms with Gasteiger partial charge in [0.05, 0.1) is 54.9 Å². The molecule has 5 rings (SSSR count). The van der Waals surface area contributed by atoms with Gasteiger partial charge in [-0.05, 0) is 38.3 Å². The molecule has 1 saturated carbocycles. The Balaban J connectivity index is 1.60. The van der Waals surface area contributed by atoms with Crippen LogP contribution in [0.25, 0.3) is 0 Å². The van der Waals surface area contributed by atoms with Crippen LogP contribution < -0.4 is 16.4 Å². The van der Waals surface area contributed by atoms with E-state index in [-0.39, 0.29) is 55.0 Å². The number of carbonyl (C=O) groups is 2. The van der Waals surface area contributed by atoms with Crippen LogP contribution >= 0.6 is 21.6 Å². The monoisotopic (exact) mass is 887 g/mol. The quantitative estimate of drug-likeness (QED) is 0.0174. The van der Waals surface area contributed by atoms with Crippen molar-refractivity contribution >= 4 is 39.5 Å². The summed E-state index contributed by atoms with van der Waals surface area (Å²) in [5, 5.41) is 88.4. The Kier molecular flexibility index (Phi) is 17.7. The van der Waals surface area contributed by atoms with Crippen molar-refractivity contribution in [1.29, 1.82) is 0 Å². The van der Waals surface area contributed by atoms with Crippen molar-refractivity contribution in [3.63, 3.8) is 0 Å². The highest BCUT2D eigenvalue weighted by molar-refractivity contribution is 8.76. The first kappa shape index (κ1) is 47.8. The number of guanidine groups is 1. The maximum Gasteiger partial charge on any atom is 0.339 e. The molecule has 12 N–H and O–H groups in total. The molecule has 1 aliphatic carbocycles. The van der Waals surface area contributed by atoms with E-state index in [9.17, 15) is 50.4 Å². The first-order valence-electron chi connectivity index (χ1n) is 19.6. The molecule has 4 aliphatic heterocycles. The number of allylic oxidation sites excluding steroid dienone is 1. The number of fused-ring (bicyclic) bond motifs is 4. The number of ether oxygens (including phenoxy) is 5. The summed E-state index contributed by atoms with van der Waals surface area (Å²) in [6.45, 7) is 2.32. The van der Waals surface area contributed by atoms with Crippen LogP contribution in [0.15, 0.2) is 64.7 Å². The van der Waals surface area contributed by atoms with Crippen LogP contribution in [0, 0.1) is 17.8 Å². The molecule has 336 valence electrons. The van der Waals surface area contributed by atoms with Gasteiger partial charge >= 0.3 is 11.9 Å². The molecule has 60 heavy (non-hydrogen) atoms. The molecule has 4 heterocycles. The standard InChI is InChI=1S/C38H57N5O15S2/c1-3-23-24-9-8-20-12-43(13-25(33(49)50)30(20)42-37(39)41-10-5-11-44)22(14-45)19-60-59-18-21-6-4-7-27(21)55-34(51)26(24)17-54-35(23)58-36-32(57-29(16-47)40-2)38(52,53)31(48)28(15-46)56-36/h3,8-9,13,17,21-24,27-29,31-32,35-36,40,44-48,52-53H,1,4-7,10-12,14-16,18-19H2,2H3,(H,49,50)(H3,39,41,42). The highest BCUT2D eigenvalue weighted by Crippen LogP contribution is 2.41. The second-order valence-electron chi connectivity index (χ2n) is 14.8. The first-order valence-corrected chi connectivity index (χ1v) is 22.1. The number of hydrogen-bond acceptors (Lipinski definition) is 19. The summed E-state index contributed by atoms with van der Waals surface area (Å²) in [6.07, 6.45) is -0.394. The number of nitrogens with one attached hydrogen (secondary N) is 2. The molecule has 0 radical (unpaired) electrons. The Morgan fingerprint density at radius 2 is 1.95 bits per heavy atom. The van der Waals surface area contributed by atoms with Crippen molar-refractivity contribution in [3.05, 3.63) is 59.7 Å². The average molecular weight is 888 g/mol. The average Bonchev–Trinajstić information content (AvgIpc) is 3.67. The number of carboxylic acids is 1. The van der Waals surface area contributed by atoms with E-state index in [0.29, 0.717) is 29.9 Å². The van der Waals surface area contributed by atoms with E-state index in [1.54, 1.807) is 27.8 Å². The molecule has 0 amide bonds. The van der Waals surface area contributed by atoms with Crippen molar-refractivity contribution in [2.75, 3.05) is 58.1 Å². The van der Waals surface area contributed by atoms with Gasteiger partial charge in [0.25, 0.3) is 0 Å². The third-order valence-electron chi connectivity index (χ3n) is 10.9. The molecule has 22 heteroatoms. The van der Waals surface area contributed by atoms with Crippen LogP contribution in [0.3, 0.4) is 0 Å². The number of hydrogen-bond donors (Lipinski definition) is 11. The minimum absolute atomic E-state index is 0.0475. The summed E-state index contributed by atoms with van der Waals surface area (Å²) in [6, 6.07) is -0.495. The topological polar surface area (TPSA) is 308 Å². The minimum Gasteiger partial charge on any atom is -0.478 e. The Morgan fingerprint density at radius 3 is 2.62 bits per heavy atom. The molecular weight excluding hydrogens is 831 g/mol. The van der Waals surface area contributed by atoms with Gasteiger partial charge in [-0.3, -0.25) is 10.3 Å². The lowest BCUT2D eigenvalue weighted by Gasteiger charge is -2.48. The van der Waals surface area contributed by atoms with Crippen LogP contribution in [0.4, 0.5) is 0 Å². The van der Waals surface area contributed by atoms with Gasteiger partial charge in [0.2, 0.25) is 12.1 Å². The Bertz CT molecular complexity index is 1660. The smallest absolute Gasteiger partial charge is 0.339 e. The zero-order valence-corrected chi connectivity index (χ0v) is 34.8. The maximum absolute atomic E-state index is 14.2. The molecule has 20 nitrogen and oxygen atoms in total. The van der Waals surface area contributed by atoms with Crippen LogP contribution in [-0.2, 0) is 33.3 Å². The maximum atomic E-state index is 14.2. The van der Waals surface area contributed by atoms with Crippen molar-refractivity contribution in [1.82, 2.24) is 15.5 Å². The highest BCUT2D eigenvalue weighted by atomic mass is 33.1. The zero-order chi connectivity index (χ0) is 43.6. The fourth-order valence-electron chi connectivity index (χ4n) is 7.50. The van der Waals surface area contributed by atoms with Crippen molar-refractivity contribution in [2.45, 2.75) is 80.7 Å². The van der Waals surface area contributed by atoms with E-state index < -0.39 is 92.0 Å². The molecular formula is C38H57N5O15S2. The molecule has 0 aromatic heterocycles. The lowest BCUT2D eigenvalue weighted by molar-refractivity contribution is -0.416. The van der Waals surface area contributed by atoms with Gasteiger partial charge in [-0.1, -0.05) is 39.8 Å². The summed E-state index contributed by atoms with van der Waals surface area (Å²) < 4.78 is 29.8. The Labute approximate surface area is 355 Å². The number of likely N-dealkylation sites (N-methyl/N-ethyl adjacent to an activating group) is 1. The summed E-state index contributed by atoms with van der Waals surface area (Å²) in [5.74, 6) is -5.96. The predicted molar refractivity (Wildman–Crippen MR) is 218 cm³/mol. The molecule has 11 unspecified atom stereocenters. The summed E-state index contributed by atoms with van der Waals surface area (Å²) in [4.78, 5) is 32.9. The number of esters is 1. The number of aliphatic carboxylic acids is 1. The number of aliphatic hydroxyl groups excluding tert-OH is 5.